The van der Waals surface area contributed by atoms with E-state index in [1.165, 1.54) is 0 Å². The Hall–Kier alpha value is -3.94. The molecule has 2 aromatic carbocycles. The third kappa shape index (κ3) is 4.07. The Morgan fingerprint density at radius 1 is 1.13 bits per heavy atom. The summed E-state index contributed by atoms with van der Waals surface area (Å²) in [6.07, 6.45) is 0.712. The van der Waals surface area contributed by atoms with Gasteiger partial charge in [0.15, 0.2) is 12.7 Å². The zero-order valence-electron chi connectivity index (χ0n) is 16.4. The minimum Gasteiger partial charge on any atom is -0.485 e. The number of rotatable bonds is 7. The van der Waals surface area contributed by atoms with Crippen molar-refractivity contribution in [2.24, 2.45) is 0 Å². The first-order chi connectivity index (χ1) is 14.5. The Morgan fingerprint density at radius 2 is 1.90 bits per heavy atom. The highest BCUT2D eigenvalue weighted by Gasteiger charge is 2.23. The van der Waals surface area contributed by atoms with E-state index in [9.17, 15) is 9.59 Å². The van der Waals surface area contributed by atoms with Crippen molar-refractivity contribution in [2.75, 3.05) is 0 Å². The fourth-order valence-electron chi connectivity index (χ4n) is 3.01. The van der Waals surface area contributed by atoms with Gasteiger partial charge in [0.1, 0.15) is 5.75 Å². The van der Waals surface area contributed by atoms with Crippen LogP contribution in [0, 0.1) is 6.92 Å². The highest BCUT2D eigenvalue weighted by molar-refractivity contribution is 6.10. The molecule has 2 aromatic heterocycles. The molecule has 1 N–H and O–H groups in total. The number of ketones is 1. The zero-order valence-corrected chi connectivity index (χ0v) is 16.4. The molecule has 4 rings (SSSR count). The van der Waals surface area contributed by atoms with Crippen molar-refractivity contribution in [3.63, 3.8) is 0 Å². The quantitative estimate of drug-likeness (QED) is 0.367. The maximum Gasteiger partial charge on any atom is 0.338 e. The number of esters is 1. The summed E-state index contributed by atoms with van der Waals surface area (Å²) in [6.45, 7) is 3.41. The lowest BCUT2D eigenvalue weighted by Gasteiger charge is -2.12. The largest absolute Gasteiger partial charge is 0.485 e. The SMILES string of the molecule is Cc1nc(COc2ccc(C(=O)O[C@H](C)C(=O)c3c[nH]c4ccccc34)cc2)no1. The standard InChI is InChI=1S/C22H19N3O5/c1-13(21(26)18-11-23-19-6-4-3-5-17(18)19)29-22(27)15-7-9-16(10-8-15)28-12-20-24-14(2)30-25-20/h3-11,13,23H,12H2,1-2H3/t13-/m1/s1. The molecule has 0 saturated heterocycles. The Labute approximate surface area is 171 Å². The van der Waals surface area contributed by atoms with Crippen LogP contribution >= 0.6 is 0 Å². The normalized spacial score (nSPS) is 11.9. The van der Waals surface area contributed by atoms with Crippen LogP contribution in [-0.2, 0) is 11.3 Å². The third-order valence-electron chi connectivity index (χ3n) is 4.54. The number of aryl methyl sites for hydroxylation is 1. The second-order valence-electron chi connectivity index (χ2n) is 6.70. The molecule has 0 radical (unpaired) electrons. The summed E-state index contributed by atoms with van der Waals surface area (Å²) in [5, 5.41) is 4.54. The summed E-state index contributed by atoms with van der Waals surface area (Å²) >= 11 is 0. The van der Waals surface area contributed by atoms with Crippen molar-refractivity contribution < 1.29 is 23.6 Å². The zero-order chi connectivity index (χ0) is 21.1. The number of hydrogen-bond acceptors (Lipinski definition) is 7. The van der Waals surface area contributed by atoms with Crippen LogP contribution in [0.2, 0.25) is 0 Å². The van der Waals surface area contributed by atoms with E-state index in [1.54, 1.807) is 44.3 Å². The lowest BCUT2D eigenvalue weighted by molar-refractivity contribution is 0.0319. The van der Waals surface area contributed by atoms with E-state index in [2.05, 4.69) is 15.1 Å². The molecule has 4 aromatic rings. The molecule has 0 bridgehead atoms. The number of carbonyl (C=O) groups excluding carboxylic acids is 2. The van der Waals surface area contributed by atoms with E-state index >= 15 is 0 Å². The average molecular weight is 405 g/mol. The predicted octanol–water partition coefficient (Wildman–Crippen LogP) is 3.87. The van der Waals surface area contributed by atoms with Gasteiger partial charge in [0.05, 0.1) is 5.56 Å². The lowest BCUT2D eigenvalue weighted by atomic mass is 10.1. The molecule has 152 valence electrons. The molecular formula is C22H19N3O5. The Bertz CT molecular complexity index is 1190. The van der Waals surface area contributed by atoms with Crippen molar-refractivity contribution in [3.05, 3.63) is 77.6 Å². The highest BCUT2D eigenvalue weighted by atomic mass is 16.5. The molecule has 0 unspecified atom stereocenters. The molecule has 0 aliphatic carbocycles. The Balaban J connectivity index is 1.37. The molecule has 0 fully saturated rings. The van der Waals surface area contributed by atoms with E-state index in [0.717, 1.165) is 10.9 Å². The first-order valence-electron chi connectivity index (χ1n) is 9.34. The van der Waals surface area contributed by atoms with Crippen molar-refractivity contribution in [3.8, 4) is 5.75 Å². The van der Waals surface area contributed by atoms with E-state index in [4.69, 9.17) is 14.0 Å². The van der Waals surface area contributed by atoms with E-state index in [0.29, 0.717) is 28.6 Å². The number of ether oxygens (including phenoxy) is 2. The van der Waals surface area contributed by atoms with Crippen LogP contribution in [0.25, 0.3) is 10.9 Å². The number of carbonyl (C=O) groups is 2. The van der Waals surface area contributed by atoms with Gasteiger partial charge in [-0.15, -0.1) is 0 Å². The van der Waals surface area contributed by atoms with Gasteiger partial charge in [0.2, 0.25) is 17.5 Å². The molecule has 2 heterocycles. The number of aromatic nitrogens is 3. The number of benzene rings is 2. The van der Waals surface area contributed by atoms with Gasteiger partial charge in [-0.05, 0) is 37.3 Å². The number of hydrogen-bond donors (Lipinski definition) is 1. The fraction of sp³-hybridized carbons (Fsp3) is 0.182. The van der Waals surface area contributed by atoms with Crippen LogP contribution in [-0.4, -0.2) is 33.0 Å². The molecule has 0 spiro atoms. The maximum atomic E-state index is 12.7. The van der Waals surface area contributed by atoms with Gasteiger partial charge in [0.25, 0.3) is 0 Å². The number of fused-ring (bicyclic) bond motifs is 1. The number of Topliss-reactive ketones (excluding diaryl/α,β-unsaturated/α-hetero) is 1. The van der Waals surface area contributed by atoms with Crippen LogP contribution in [0.4, 0.5) is 0 Å². The molecule has 0 aliphatic rings. The summed E-state index contributed by atoms with van der Waals surface area (Å²) in [6, 6.07) is 13.9. The summed E-state index contributed by atoms with van der Waals surface area (Å²) in [4.78, 5) is 32.3. The monoisotopic (exact) mass is 405 g/mol. The Morgan fingerprint density at radius 3 is 2.63 bits per heavy atom. The summed E-state index contributed by atoms with van der Waals surface area (Å²) in [7, 11) is 0. The second kappa shape index (κ2) is 8.20. The molecule has 0 aliphatic heterocycles. The van der Waals surface area contributed by atoms with E-state index in [1.807, 2.05) is 24.3 Å². The predicted molar refractivity (Wildman–Crippen MR) is 107 cm³/mol. The van der Waals surface area contributed by atoms with E-state index < -0.39 is 12.1 Å². The summed E-state index contributed by atoms with van der Waals surface area (Å²) in [5.41, 5.74) is 1.66. The molecule has 30 heavy (non-hydrogen) atoms. The minimum atomic E-state index is -0.922. The number of aromatic amines is 1. The first kappa shape index (κ1) is 19.4. The van der Waals surface area contributed by atoms with Gasteiger partial charge in [-0.1, -0.05) is 23.4 Å². The van der Waals surface area contributed by atoms with E-state index in [-0.39, 0.29) is 12.4 Å². The van der Waals surface area contributed by atoms with Crippen molar-refractivity contribution in [1.82, 2.24) is 15.1 Å². The molecular weight excluding hydrogens is 386 g/mol. The number of nitrogens with zero attached hydrogens (tertiary/aromatic N) is 2. The molecule has 8 heteroatoms. The summed E-state index contributed by atoms with van der Waals surface area (Å²) < 4.78 is 15.8. The number of H-pyrrole nitrogens is 1. The lowest BCUT2D eigenvalue weighted by Crippen LogP contribution is -2.24. The van der Waals surface area contributed by atoms with Gasteiger partial charge in [-0.25, -0.2) is 4.79 Å². The van der Waals surface area contributed by atoms with Crippen molar-refractivity contribution in [2.45, 2.75) is 26.6 Å². The Kier molecular flexibility index (Phi) is 5.30. The topological polar surface area (TPSA) is 107 Å². The number of nitrogens with one attached hydrogen (secondary N) is 1. The van der Waals surface area contributed by atoms with Gasteiger partial charge >= 0.3 is 5.97 Å². The molecule has 0 saturated carbocycles. The highest BCUT2D eigenvalue weighted by Crippen LogP contribution is 2.21. The van der Waals surface area contributed by atoms with Gasteiger partial charge < -0.3 is 19.0 Å². The van der Waals surface area contributed by atoms with Gasteiger partial charge in [-0.2, -0.15) is 4.98 Å². The van der Waals surface area contributed by atoms with Gasteiger partial charge in [-0.3, -0.25) is 4.79 Å². The van der Waals surface area contributed by atoms with Crippen LogP contribution in [0.5, 0.6) is 5.75 Å². The van der Waals surface area contributed by atoms with Gasteiger partial charge in [0, 0.05) is 29.6 Å². The smallest absolute Gasteiger partial charge is 0.338 e. The first-order valence-corrected chi connectivity index (χ1v) is 9.34. The fourth-order valence-corrected chi connectivity index (χ4v) is 3.01. The summed E-state index contributed by atoms with van der Waals surface area (Å²) in [5.74, 6) is 0.577. The second-order valence-corrected chi connectivity index (χ2v) is 6.70. The minimum absolute atomic E-state index is 0.150. The third-order valence-corrected chi connectivity index (χ3v) is 4.54. The average Bonchev–Trinajstić information content (AvgIpc) is 3.38. The maximum absolute atomic E-state index is 12.7. The molecule has 8 nitrogen and oxygen atoms in total. The number of para-hydroxylation sites is 1. The molecule has 1 atom stereocenters. The van der Waals surface area contributed by atoms with Crippen molar-refractivity contribution in [1.29, 1.82) is 0 Å². The van der Waals surface area contributed by atoms with Crippen molar-refractivity contribution >= 4 is 22.7 Å². The van der Waals surface area contributed by atoms with Crippen LogP contribution in [0.1, 0.15) is 39.4 Å². The molecule has 0 amide bonds. The van der Waals surface area contributed by atoms with Crippen LogP contribution < -0.4 is 4.74 Å². The van der Waals surface area contributed by atoms with Crippen LogP contribution in [0.3, 0.4) is 0 Å². The van der Waals surface area contributed by atoms with Crippen LogP contribution in [0.15, 0.2) is 59.3 Å².